The zero-order chi connectivity index (χ0) is 14.0. The van der Waals surface area contributed by atoms with Gasteiger partial charge in [0.2, 0.25) is 12.1 Å². The van der Waals surface area contributed by atoms with Gasteiger partial charge < -0.3 is 21.2 Å². The largest absolute Gasteiger partial charge is 0.406 e. The molecule has 2 unspecified atom stereocenters. The molecule has 1 saturated carbocycles. The van der Waals surface area contributed by atoms with E-state index in [0.717, 1.165) is 19.3 Å². The number of nitrogens with two attached hydrogens (primary N) is 1. The van der Waals surface area contributed by atoms with Crippen LogP contribution >= 0.6 is 0 Å². The lowest BCUT2D eigenvalue weighted by Gasteiger charge is -2.43. The number of aryl methyl sites for hydroxylation is 1. The van der Waals surface area contributed by atoms with Crippen LogP contribution in [0.2, 0.25) is 0 Å². The summed E-state index contributed by atoms with van der Waals surface area (Å²) in [5.41, 5.74) is 5.69. The molecule has 1 aromatic rings. The second kappa shape index (κ2) is 5.16. The van der Waals surface area contributed by atoms with Crippen molar-refractivity contribution in [2.75, 3.05) is 11.9 Å². The van der Waals surface area contributed by atoms with E-state index < -0.39 is 4.92 Å². The topological polar surface area (TPSA) is 99.0 Å². The van der Waals surface area contributed by atoms with Gasteiger partial charge in [-0.2, -0.15) is 0 Å². The van der Waals surface area contributed by atoms with Gasteiger partial charge in [0.05, 0.1) is 5.54 Å². The van der Waals surface area contributed by atoms with Crippen LogP contribution in [-0.4, -0.2) is 26.6 Å². The zero-order valence-corrected chi connectivity index (χ0v) is 11.4. The van der Waals surface area contributed by atoms with Gasteiger partial charge in [0.1, 0.15) is 0 Å². The molecule has 0 saturated heterocycles. The van der Waals surface area contributed by atoms with Crippen molar-refractivity contribution in [2.24, 2.45) is 18.7 Å². The van der Waals surface area contributed by atoms with E-state index in [1.165, 1.54) is 12.7 Å². The van der Waals surface area contributed by atoms with Gasteiger partial charge in [0.15, 0.2) is 0 Å². The van der Waals surface area contributed by atoms with Crippen molar-refractivity contribution in [2.45, 2.75) is 38.1 Å². The standard InChI is InChI=1S/C12H21N5O2/c1-9-5-3-4-6-12(9,7-13)15-11-10(17(18)19)14-8-16(11)2/h8-9,15H,3-7,13H2,1-2H3. The summed E-state index contributed by atoms with van der Waals surface area (Å²) in [6, 6.07) is 0. The normalized spacial score (nSPS) is 27.2. The molecule has 0 amide bonds. The van der Waals surface area contributed by atoms with Crippen LogP contribution in [0, 0.1) is 16.0 Å². The van der Waals surface area contributed by atoms with Gasteiger partial charge in [-0.05, 0) is 28.7 Å². The van der Waals surface area contributed by atoms with Crippen LogP contribution < -0.4 is 11.1 Å². The number of anilines is 1. The molecule has 0 spiro atoms. The summed E-state index contributed by atoms with van der Waals surface area (Å²) >= 11 is 0. The first-order valence-electron chi connectivity index (χ1n) is 6.64. The van der Waals surface area contributed by atoms with E-state index in [2.05, 4.69) is 17.2 Å². The van der Waals surface area contributed by atoms with Crippen LogP contribution in [0.1, 0.15) is 32.6 Å². The maximum absolute atomic E-state index is 11.0. The van der Waals surface area contributed by atoms with Crippen molar-refractivity contribution in [3.8, 4) is 0 Å². The Bertz CT molecular complexity index is 473. The number of hydrogen-bond acceptors (Lipinski definition) is 5. The Kier molecular flexibility index (Phi) is 3.75. The van der Waals surface area contributed by atoms with Crippen molar-refractivity contribution in [3.05, 3.63) is 16.4 Å². The Morgan fingerprint density at radius 3 is 3.00 bits per heavy atom. The molecule has 7 nitrogen and oxygen atoms in total. The smallest absolute Gasteiger partial charge is 0.358 e. The summed E-state index contributed by atoms with van der Waals surface area (Å²) in [5, 5.41) is 14.3. The van der Waals surface area contributed by atoms with Crippen molar-refractivity contribution < 1.29 is 4.92 Å². The molecule has 0 radical (unpaired) electrons. The molecule has 1 fully saturated rings. The molecule has 2 atom stereocenters. The lowest BCUT2D eigenvalue weighted by atomic mass is 9.73. The second-order valence-electron chi connectivity index (χ2n) is 5.42. The van der Waals surface area contributed by atoms with E-state index in [4.69, 9.17) is 5.73 Å². The SMILES string of the molecule is CC1CCCCC1(CN)Nc1c([N+](=O)[O-])ncn1C. The van der Waals surface area contributed by atoms with Crippen LogP contribution in [0.4, 0.5) is 11.6 Å². The average molecular weight is 267 g/mol. The Morgan fingerprint density at radius 2 is 2.42 bits per heavy atom. The molecule has 0 bridgehead atoms. The number of nitrogens with zero attached hydrogens (tertiary/aromatic N) is 3. The highest BCUT2D eigenvalue weighted by atomic mass is 16.6. The van der Waals surface area contributed by atoms with Crippen LogP contribution in [-0.2, 0) is 7.05 Å². The lowest BCUT2D eigenvalue weighted by Crippen LogP contribution is -2.52. The minimum absolute atomic E-state index is 0.131. The molecule has 3 N–H and O–H groups in total. The number of aromatic nitrogens is 2. The fraction of sp³-hybridized carbons (Fsp3) is 0.750. The van der Waals surface area contributed by atoms with Crippen LogP contribution in [0.3, 0.4) is 0 Å². The third-order valence-corrected chi connectivity index (χ3v) is 4.28. The summed E-state index contributed by atoms with van der Waals surface area (Å²) in [6.07, 6.45) is 5.78. The molecule has 1 aliphatic carbocycles. The highest BCUT2D eigenvalue weighted by Gasteiger charge is 2.39. The van der Waals surface area contributed by atoms with Crippen LogP contribution in [0.5, 0.6) is 0 Å². The van der Waals surface area contributed by atoms with E-state index in [-0.39, 0.29) is 11.4 Å². The van der Waals surface area contributed by atoms with Gasteiger partial charge in [-0.1, -0.05) is 19.8 Å². The van der Waals surface area contributed by atoms with Gasteiger partial charge in [-0.3, -0.25) is 4.57 Å². The van der Waals surface area contributed by atoms with Gasteiger partial charge in [-0.15, -0.1) is 0 Å². The maximum atomic E-state index is 11.0. The number of nitro groups is 1. The lowest BCUT2D eigenvalue weighted by molar-refractivity contribution is -0.388. The van der Waals surface area contributed by atoms with E-state index in [1.54, 1.807) is 11.6 Å². The minimum atomic E-state index is -0.458. The molecular weight excluding hydrogens is 246 g/mol. The summed E-state index contributed by atoms with van der Waals surface area (Å²) in [6.45, 7) is 2.62. The molecule has 7 heteroatoms. The number of hydrogen-bond donors (Lipinski definition) is 2. The Labute approximate surface area is 112 Å². The number of rotatable bonds is 4. The molecule has 1 aliphatic rings. The Morgan fingerprint density at radius 1 is 1.68 bits per heavy atom. The first-order valence-corrected chi connectivity index (χ1v) is 6.64. The fourth-order valence-corrected chi connectivity index (χ4v) is 2.89. The summed E-state index contributed by atoms with van der Waals surface area (Å²) in [7, 11) is 1.75. The van der Waals surface area contributed by atoms with Crippen LogP contribution in [0.25, 0.3) is 0 Å². The summed E-state index contributed by atoms with van der Waals surface area (Å²) in [4.78, 5) is 14.4. The van der Waals surface area contributed by atoms with Gasteiger partial charge >= 0.3 is 5.82 Å². The second-order valence-corrected chi connectivity index (χ2v) is 5.42. The van der Waals surface area contributed by atoms with E-state index >= 15 is 0 Å². The molecule has 1 aromatic heterocycles. The Hall–Kier alpha value is -1.63. The molecular formula is C12H21N5O2. The average Bonchev–Trinajstić information content (AvgIpc) is 2.74. The zero-order valence-electron chi connectivity index (χ0n) is 11.4. The highest BCUT2D eigenvalue weighted by molar-refractivity contribution is 5.54. The van der Waals surface area contributed by atoms with Crippen LogP contribution in [0.15, 0.2) is 6.33 Å². The molecule has 0 aliphatic heterocycles. The first-order chi connectivity index (χ1) is 9.00. The van der Waals surface area contributed by atoms with Gasteiger partial charge in [-0.25, -0.2) is 0 Å². The quantitative estimate of drug-likeness (QED) is 0.638. The van der Waals surface area contributed by atoms with E-state index in [0.29, 0.717) is 18.3 Å². The third-order valence-electron chi connectivity index (χ3n) is 4.28. The molecule has 106 valence electrons. The predicted molar refractivity (Wildman–Crippen MR) is 72.9 cm³/mol. The summed E-state index contributed by atoms with van der Waals surface area (Å²) in [5.74, 6) is 0.707. The first kappa shape index (κ1) is 13.8. The van der Waals surface area contributed by atoms with Crippen molar-refractivity contribution in [1.82, 2.24) is 9.55 Å². The highest BCUT2D eigenvalue weighted by Crippen LogP contribution is 2.37. The van der Waals surface area contributed by atoms with Crippen molar-refractivity contribution >= 4 is 11.6 Å². The minimum Gasteiger partial charge on any atom is -0.358 e. The molecule has 1 heterocycles. The monoisotopic (exact) mass is 267 g/mol. The Balaban J connectivity index is 2.32. The van der Waals surface area contributed by atoms with E-state index in [1.807, 2.05) is 0 Å². The fourth-order valence-electron chi connectivity index (χ4n) is 2.89. The van der Waals surface area contributed by atoms with E-state index in [9.17, 15) is 10.1 Å². The molecule has 19 heavy (non-hydrogen) atoms. The molecule has 2 rings (SSSR count). The predicted octanol–water partition coefficient (Wildman–Crippen LogP) is 1.65. The summed E-state index contributed by atoms with van der Waals surface area (Å²) < 4.78 is 1.65. The van der Waals surface area contributed by atoms with Gasteiger partial charge in [0.25, 0.3) is 0 Å². The third kappa shape index (κ3) is 2.42. The van der Waals surface area contributed by atoms with Gasteiger partial charge in [0, 0.05) is 13.6 Å². The number of nitrogens with one attached hydrogen (secondary N) is 1. The van der Waals surface area contributed by atoms with Crippen molar-refractivity contribution in [3.63, 3.8) is 0 Å². The maximum Gasteiger partial charge on any atom is 0.406 e. The molecule has 0 aromatic carbocycles. The van der Waals surface area contributed by atoms with Crippen molar-refractivity contribution in [1.29, 1.82) is 0 Å². The number of imidazole rings is 1.